The monoisotopic (exact) mass is 621 g/mol. The van der Waals surface area contributed by atoms with Gasteiger partial charge in [0.2, 0.25) is 23.6 Å². The Kier molecular flexibility index (Phi) is 12.4. The molecule has 0 aromatic heterocycles. The molecule has 1 aromatic rings. The molecule has 2 saturated heterocycles. The predicted octanol–water partition coefficient (Wildman–Crippen LogP) is 1.76. The summed E-state index contributed by atoms with van der Waals surface area (Å²) < 4.78 is 38.3. The Balaban J connectivity index is 1.36. The first-order chi connectivity index (χ1) is 21.1. The minimum absolute atomic E-state index is 0.0354. The van der Waals surface area contributed by atoms with Crippen LogP contribution in [0.4, 0.5) is 8.78 Å². The topological polar surface area (TPSA) is 138 Å². The SMILES string of the molecule is O=C1CC2(CCN(C(=O)c3ccccc3)CC2)NC(=O)COCCOCCNC(=O)[C@@H](NC2CCC(F)(F)CC2)CCCN1. The normalized spacial score (nSPS) is 25.1. The number of carbonyl (C=O) groups is 4. The highest BCUT2D eigenvalue weighted by Gasteiger charge is 2.39. The second-order valence-corrected chi connectivity index (χ2v) is 12.0. The van der Waals surface area contributed by atoms with E-state index in [4.69, 9.17) is 9.47 Å². The predicted molar refractivity (Wildman–Crippen MR) is 158 cm³/mol. The molecule has 244 valence electrons. The number of piperidine rings is 1. The molecule has 0 unspecified atom stereocenters. The van der Waals surface area contributed by atoms with Crippen LogP contribution in [0.3, 0.4) is 0 Å². The Morgan fingerprint density at radius 2 is 1.57 bits per heavy atom. The van der Waals surface area contributed by atoms with Crippen LogP contribution in [0.5, 0.6) is 0 Å². The van der Waals surface area contributed by atoms with Crippen molar-refractivity contribution in [3.8, 4) is 0 Å². The van der Waals surface area contributed by atoms with Crippen LogP contribution in [0, 0.1) is 0 Å². The fraction of sp³-hybridized carbons (Fsp3) is 0.677. The third-order valence-electron chi connectivity index (χ3n) is 8.55. The van der Waals surface area contributed by atoms with Gasteiger partial charge in [-0.2, -0.15) is 0 Å². The summed E-state index contributed by atoms with van der Waals surface area (Å²) in [4.78, 5) is 53.6. The Labute approximate surface area is 257 Å². The number of hydrogen-bond acceptors (Lipinski definition) is 7. The number of ether oxygens (including phenoxy) is 2. The van der Waals surface area contributed by atoms with Gasteiger partial charge < -0.3 is 35.6 Å². The van der Waals surface area contributed by atoms with Gasteiger partial charge in [0.05, 0.1) is 31.4 Å². The summed E-state index contributed by atoms with van der Waals surface area (Å²) in [5, 5.41) is 12.0. The van der Waals surface area contributed by atoms with Crippen LogP contribution in [0.1, 0.15) is 68.1 Å². The van der Waals surface area contributed by atoms with Gasteiger partial charge in [-0.3, -0.25) is 19.2 Å². The molecule has 2 aliphatic heterocycles. The zero-order chi connectivity index (χ0) is 31.4. The van der Waals surface area contributed by atoms with Crippen LogP contribution in [0.2, 0.25) is 0 Å². The summed E-state index contributed by atoms with van der Waals surface area (Å²) in [7, 11) is 0. The van der Waals surface area contributed by atoms with Crippen molar-refractivity contribution >= 4 is 23.6 Å². The summed E-state index contributed by atoms with van der Waals surface area (Å²) in [6.07, 6.45) is 1.91. The number of halogens is 2. The maximum atomic E-state index is 13.7. The maximum absolute atomic E-state index is 13.7. The van der Waals surface area contributed by atoms with Crippen molar-refractivity contribution in [3.63, 3.8) is 0 Å². The summed E-state index contributed by atoms with van der Waals surface area (Å²) >= 11 is 0. The molecule has 11 nitrogen and oxygen atoms in total. The van der Waals surface area contributed by atoms with Gasteiger partial charge in [0.1, 0.15) is 6.61 Å². The average molecular weight is 622 g/mol. The molecular formula is C31H45F2N5O6. The Hall–Kier alpha value is -3.16. The van der Waals surface area contributed by atoms with Crippen LogP contribution in [0.15, 0.2) is 30.3 Å². The second kappa shape index (κ2) is 16.2. The molecule has 44 heavy (non-hydrogen) atoms. The standard InChI is InChI=1S/C31H45F2N5O6/c32-31(33)10-8-24(9-11-31)36-25-7-4-14-34-26(39)21-30(37-27(40)22-44-20-19-43-18-15-35-28(25)41)12-16-38(17-13-30)29(42)23-5-2-1-3-6-23/h1-3,5-6,24-25,36H,4,7-22H2,(H,34,39)(H,35,41)(H,37,40)/t25-/m0/s1. The lowest BCUT2D eigenvalue weighted by Gasteiger charge is -2.42. The van der Waals surface area contributed by atoms with E-state index < -0.39 is 17.5 Å². The van der Waals surface area contributed by atoms with Crippen LogP contribution in [-0.2, 0) is 23.9 Å². The Morgan fingerprint density at radius 3 is 2.30 bits per heavy atom. The highest BCUT2D eigenvalue weighted by molar-refractivity contribution is 5.94. The fourth-order valence-corrected chi connectivity index (χ4v) is 6.02. The van der Waals surface area contributed by atoms with E-state index in [9.17, 15) is 28.0 Å². The first-order valence-electron chi connectivity index (χ1n) is 15.6. The van der Waals surface area contributed by atoms with Crippen LogP contribution in [0.25, 0.3) is 0 Å². The lowest BCUT2D eigenvalue weighted by Crippen LogP contribution is -2.58. The van der Waals surface area contributed by atoms with Gasteiger partial charge in [-0.1, -0.05) is 18.2 Å². The van der Waals surface area contributed by atoms with E-state index in [1.54, 1.807) is 17.0 Å². The molecule has 2 heterocycles. The quantitative estimate of drug-likeness (QED) is 0.404. The van der Waals surface area contributed by atoms with E-state index in [-0.39, 0.29) is 81.9 Å². The number of alkyl halides is 2. The molecule has 0 radical (unpaired) electrons. The van der Waals surface area contributed by atoms with E-state index in [0.29, 0.717) is 63.7 Å². The number of rotatable bonds is 3. The van der Waals surface area contributed by atoms with Crippen LogP contribution in [-0.4, -0.2) is 105 Å². The Bertz CT molecular complexity index is 1110. The molecule has 13 heteroatoms. The van der Waals surface area contributed by atoms with Gasteiger partial charge in [-0.25, -0.2) is 8.78 Å². The number of nitrogens with zero attached hydrogens (tertiary/aromatic N) is 1. The number of hydrogen-bond donors (Lipinski definition) is 4. The lowest BCUT2D eigenvalue weighted by molar-refractivity contribution is -0.130. The first-order valence-corrected chi connectivity index (χ1v) is 15.6. The van der Waals surface area contributed by atoms with Crippen molar-refractivity contribution in [3.05, 3.63) is 35.9 Å². The second-order valence-electron chi connectivity index (χ2n) is 12.0. The molecule has 4 N–H and O–H groups in total. The number of nitrogens with one attached hydrogen (secondary N) is 4. The smallest absolute Gasteiger partial charge is 0.253 e. The van der Waals surface area contributed by atoms with Crippen LogP contribution >= 0.6 is 0 Å². The molecule has 1 aliphatic carbocycles. The number of carbonyl (C=O) groups excluding carboxylic acids is 4. The molecule has 1 saturated carbocycles. The first kappa shape index (κ1) is 33.7. The van der Waals surface area contributed by atoms with E-state index in [0.717, 1.165) is 0 Å². The molecule has 4 rings (SSSR count). The van der Waals surface area contributed by atoms with Gasteiger partial charge in [-0.05, 0) is 50.7 Å². The summed E-state index contributed by atoms with van der Waals surface area (Å²) in [5.41, 5.74) is -0.256. The maximum Gasteiger partial charge on any atom is 0.253 e. The lowest BCUT2D eigenvalue weighted by atomic mass is 9.83. The minimum atomic E-state index is -2.66. The van der Waals surface area contributed by atoms with Gasteiger partial charge in [0, 0.05) is 57.0 Å². The van der Waals surface area contributed by atoms with Crippen molar-refractivity contribution < 1.29 is 37.4 Å². The summed E-state index contributed by atoms with van der Waals surface area (Å²) in [5.74, 6) is -3.58. The molecule has 1 aromatic carbocycles. The number of amides is 4. The molecule has 3 fully saturated rings. The average Bonchev–Trinajstić information content (AvgIpc) is 3.00. The molecule has 0 bridgehead atoms. The summed E-state index contributed by atoms with van der Waals surface area (Å²) in [6.45, 7) is 1.79. The minimum Gasteiger partial charge on any atom is -0.377 e. The third-order valence-corrected chi connectivity index (χ3v) is 8.55. The van der Waals surface area contributed by atoms with Gasteiger partial charge in [0.15, 0.2) is 0 Å². The largest absolute Gasteiger partial charge is 0.377 e. The molecule has 1 atom stereocenters. The van der Waals surface area contributed by atoms with Gasteiger partial charge >= 0.3 is 0 Å². The number of benzene rings is 1. The van der Waals surface area contributed by atoms with Crippen molar-refractivity contribution in [2.75, 3.05) is 52.6 Å². The zero-order valence-electron chi connectivity index (χ0n) is 25.2. The fourth-order valence-electron chi connectivity index (χ4n) is 6.02. The van der Waals surface area contributed by atoms with E-state index in [2.05, 4.69) is 21.3 Å². The van der Waals surface area contributed by atoms with Gasteiger partial charge in [0.25, 0.3) is 5.91 Å². The highest BCUT2D eigenvalue weighted by Crippen LogP contribution is 2.33. The van der Waals surface area contributed by atoms with Crippen molar-refractivity contribution in [1.29, 1.82) is 0 Å². The van der Waals surface area contributed by atoms with Crippen molar-refractivity contribution in [2.45, 2.75) is 81.3 Å². The third kappa shape index (κ3) is 10.5. The Morgan fingerprint density at radius 1 is 0.864 bits per heavy atom. The highest BCUT2D eigenvalue weighted by atomic mass is 19.3. The zero-order valence-corrected chi connectivity index (χ0v) is 25.2. The number of likely N-dealkylation sites (tertiary alicyclic amines) is 1. The van der Waals surface area contributed by atoms with Crippen LogP contribution < -0.4 is 21.3 Å². The van der Waals surface area contributed by atoms with E-state index >= 15 is 0 Å². The van der Waals surface area contributed by atoms with Crippen molar-refractivity contribution in [1.82, 2.24) is 26.2 Å². The molecule has 3 aliphatic rings. The molecule has 4 amide bonds. The van der Waals surface area contributed by atoms with Crippen molar-refractivity contribution in [2.24, 2.45) is 0 Å². The van der Waals surface area contributed by atoms with E-state index in [1.165, 1.54) is 0 Å². The summed E-state index contributed by atoms with van der Waals surface area (Å²) in [6, 6.07) is 8.22. The van der Waals surface area contributed by atoms with E-state index in [1.807, 2.05) is 18.2 Å². The van der Waals surface area contributed by atoms with Gasteiger partial charge in [-0.15, -0.1) is 0 Å². The molecule has 1 spiro atoms. The molecular weight excluding hydrogens is 576 g/mol.